The van der Waals surface area contributed by atoms with Crippen LogP contribution in [0.15, 0.2) is 53.4 Å². The van der Waals surface area contributed by atoms with Crippen molar-refractivity contribution in [3.05, 3.63) is 48.5 Å². The SMILES string of the molecule is COc1ccc(S(=O)(=O)N2C[C@@H](C(=O)NC(C(C)C)C(C)C)Oc3ccccc32)cc1. The van der Waals surface area contributed by atoms with Crippen molar-refractivity contribution in [1.29, 1.82) is 0 Å². The van der Waals surface area contributed by atoms with Crippen molar-refractivity contribution < 1.29 is 22.7 Å². The van der Waals surface area contributed by atoms with Crippen LogP contribution in [0.2, 0.25) is 0 Å². The highest BCUT2D eigenvalue weighted by Gasteiger charge is 2.38. The zero-order valence-corrected chi connectivity index (χ0v) is 19.3. The first-order valence-corrected chi connectivity index (χ1v) is 11.8. The highest BCUT2D eigenvalue weighted by molar-refractivity contribution is 7.92. The molecule has 0 unspecified atom stereocenters. The molecule has 7 nitrogen and oxygen atoms in total. The highest BCUT2D eigenvalue weighted by atomic mass is 32.2. The molecule has 31 heavy (non-hydrogen) atoms. The summed E-state index contributed by atoms with van der Waals surface area (Å²) in [5.74, 6) is 1.07. The average Bonchev–Trinajstić information content (AvgIpc) is 2.75. The van der Waals surface area contributed by atoms with Gasteiger partial charge in [0.25, 0.3) is 15.9 Å². The molecule has 1 N–H and O–H groups in total. The summed E-state index contributed by atoms with van der Waals surface area (Å²) in [6, 6.07) is 13.0. The fourth-order valence-electron chi connectivity index (χ4n) is 3.80. The highest BCUT2D eigenvalue weighted by Crippen LogP contribution is 2.37. The number of nitrogens with one attached hydrogen (secondary N) is 1. The Hall–Kier alpha value is -2.74. The summed E-state index contributed by atoms with van der Waals surface area (Å²) in [4.78, 5) is 13.2. The molecule has 2 aromatic carbocycles. The van der Waals surface area contributed by atoms with E-state index in [-0.39, 0.29) is 35.2 Å². The lowest BCUT2D eigenvalue weighted by molar-refractivity contribution is -0.129. The zero-order valence-electron chi connectivity index (χ0n) is 18.5. The monoisotopic (exact) mass is 446 g/mol. The Morgan fingerprint density at radius 2 is 1.68 bits per heavy atom. The van der Waals surface area contributed by atoms with Crippen molar-refractivity contribution in [3.8, 4) is 11.5 Å². The number of carbonyl (C=O) groups excluding carboxylic acids is 1. The second kappa shape index (κ2) is 9.18. The van der Waals surface area contributed by atoms with Crippen molar-refractivity contribution in [2.24, 2.45) is 11.8 Å². The van der Waals surface area contributed by atoms with Crippen LogP contribution in [-0.4, -0.2) is 40.1 Å². The Balaban J connectivity index is 1.94. The van der Waals surface area contributed by atoms with E-state index in [4.69, 9.17) is 9.47 Å². The number of benzene rings is 2. The Morgan fingerprint density at radius 3 is 2.26 bits per heavy atom. The van der Waals surface area contributed by atoms with Crippen LogP contribution in [0.1, 0.15) is 27.7 Å². The predicted molar refractivity (Wildman–Crippen MR) is 120 cm³/mol. The number of rotatable bonds is 7. The summed E-state index contributed by atoms with van der Waals surface area (Å²) in [5.41, 5.74) is 0.409. The molecule has 8 heteroatoms. The van der Waals surface area contributed by atoms with Crippen molar-refractivity contribution in [1.82, 2.24) is 5.32 Å². The molecule has 0 fully saturated rings. The van der Waals surface area contributed by atoms with Gasteiger partial charge in [0.05, 0.1) is 24.2 Å². The lowest BCUT2D eigenvalue weighted by Gasteiger charge is -2.36. The third-order valence-electron chi connectivity index (χ3n) is 5.42. The van der Waals surface area contributed by atoms with Crippen LogP contribution in [0.5, 0.6) is 11.5 Å². The van der Waals surface area contributed by atoms with Crippen molar-refractivity contribution in [2.45, 2.75) is 44.7 Å². The minimum atomic E-state index is -3.91. The zero-order chi connectivity index (χ0) is 22.8. The summed E-state index contributed by atoms with van der Waals surface area (Å²) in [6.07, 6.45) is -0.956. The number of para-hydroxylation sites is 2. The van der Waals surface area contributed by atoms with Gasteiger partial charge >= 0.3 is 0 Å². The lowest BCUT2D eigenvalue weighted by atomic mass is 9.93. The van der Waals surface area contributed by atoms with Crippen LogP contribution in [0, 0.1) is 11.8 Å². The summed E-state index contributed by atoms with van der Waals surface area (Å²) in [7, 11) is -2.39. The second-order valence-corrected chi connectivity index (χ2v) is 10.2. The van der Waals surface area contributed by atoms with Crippen molar-refractivity contribution in [2.75, 3.05) is 18.0 Å². The predicted octanol–water partition coefficient (Wildman–Crippen LogP) is 3.45. The minimum Gasteiger partial charge on any atom is -0.497 e. The summed E-state index contributed by atoms with van der Waals surface area (Å²) >= 11 is 0. The third kappa shape index (κ3) is 4.79. The van der Waals surface area contributed by atoms with Gasteiger partial charge in [0.2, 0.25) is 0 Å². The fourth-order valence-corrected chi connectivity index (χ4v) is 5.28. The maximum absolute atomic E-state index is 13.5. The number of nitrogens with zero attached hydrogens (tertiary/aromatic N) is 1. The van der Waals surface area contributed by atoms with Gasteiger partial charge in [0.1, 0.15) is 11.5 Å². The Kier molecular flexibility index (Phi) is 6.79. The van der Waals surface area contributed by atoms with E-state index in [0.29, 0.717) is 17.2 Å². The number of fused-ring (bicyclic) bond motifs is 1. The fraction of sp³-hybridized carbons (Fsp3) is 0.435. The van der Waals surface area contributed by atoms with E-state index >= 15 is 0 Å². The molecule has 1 aliphatic heterocycles. The molecule has 0 aliphatic carbocycles. The number of methoxy groups -OCH3 is 1. The molecule has 0 aromatic heterocycles. The maximum atomic E-state index is 13.5. The van der Waals surface area contributed by atoms with Crippen LogP contribution >= 0.6 is 0 Å². The minimum absolute atomic E-state index is 0.0417. The molecule has 3 rings (SSSR count). The molecule has 0 saturated heterocycles. The Morgan fingerprint density at radius 1 is 1.06 bits per heavy atom. The topological polar surface area (TPSA) is 84.9 Å². The quantitative estimate of drug-likeness (QED) is 0.704. The molecule has 1 heterocycles. The molecule has 168 valence electrons. The first-order valence-electron chi connectivity index (χ1n) is 10.4. The first-order chi connectivity index (χ1) is 14.6. The summed E-state index contributed by atoms with van der Waals surface area (Å²) < 4.78 is 39.2. The molecule has 0 bridgehead atoms. The van der Waals surface area contributed by atoms with Crippen LogP contribution in [0.25, 0.3) is 0 Å². The van der Waals surface area contributed by atoms with Gasteiger partial charge in [-0.25, -0.2) is 8.42 Å². The Bertz CT molecular complexity index is 1010. The summed E-state index contributed by atoms with van der Waals surface area (Å²) in [5, 5.41) is 3.04. The van der Waals surface area contributed by atoms with Gasteiger partial charge in [-0.1, -0.05) is 39.8 Å². The lowest BCUT2D eigenvalue weighted by Crippen LogP contribution is -2.54. The number of anilines is 1. The van der Waals surface area contributed by atoms with Crippen LogP contribution in [-0.2, 0) is 14.8 Å². The van der Waals surface area contributed by atoms with E-state index in [1.165, 1.54) is 23.5 Å². The van der Waals surface area contributed by atoms with Crippen molar-refractivity contribution >= 4 is 21.6 Å². The molecule has 2 aromatic rings. The van der Waals surface area contributed by atoms with Gasteiger partial charge in [0.15, 0.2) is 6.10 Å². The first kappa shape index (κ1) is 22.9. The van der Waals surface area contributed by atoms with E-state index in [1.807, 2.05) is 27.7 Å². The normalized spacial score (nSPS) is 16.3. The molecular weight excluding hydrogens is 416 g/mol. The average molecular weight is 447 g/mol. The van der Waals surface area contributed by atoms with Gasteiger partial charge in [0, 0.05) is 6.04 Å². The summed E-state index contributed by atoms with van der Waals surface area (Å²) in [6.45, 7) is 8.07. The molecule has 0 spiro atoms. The smallest absolute Gasteiger partial charge is 0.264 e. The van der Waals surface area contributed by atoms with E-state index in [1.54, 1.807) is 36.4 Å². The number of sulfonamides is 1. The van der Waals surface area contributed by atoms with Gasteiger partial charge < -0.3 is 14.8 Å². The maximum Gasteiger partial charge on any atom is 0.264 e. The molecular formula is C23H30N2O5S. The Labute approximate surface area is 184 Å². The number of amides is 1. The number of ether oxygens (including phenoxy) is 2. The molecule has 0 radical (unpaired) electrons. The van der Waals surface area contributed by atoms with Crippen molar-refractivity contribution in [3.63, 3.8) is 0 Å². The van der Waals surface area contributed by atoms with Crippen LogP contribution < -0.4 is 19.1 Å². The largest absolute Gasteiger partial charge is 0.497 e. The van der Waals surface area contributed by atoms with E-state index < -0.39 is 16.1 Å². The number of hydrogen-bond acceptors (Lipinski definition) is 5. The number of carbonyl (C=O) groups is 1. The van der Waals surface area contributed by atoms with Gasteiger partial charge in [-0.05, 0) is 48.2 Å². The van der Waals surface area contributed by atoms with E-state index in [2.05, 4.69) is 5.32 Å². The van der Waals surface area contributed by atoms with Crippen LogP contribution in [0.3, 0.4) is 0 Å². The molecule has 1 amide bonds. The van der Waals surface area contributed by atoms with Gasteiger partial charge in [-0.15, -0.1) is 0 Å². The third-order valence-corrected chi connectivity index (χ3v) is 7.21. The number of hydrogen-bond donors (Lipinski definition) is 1. The van der Waals surface area contributed by atoms with Crippen LogP contribution in [0.4, 0.5) is 5.69 Å². The molecule has 0 saturated carbocycles. The second-order valence-electron chi connectivity index (χ2n) is 8.31. The standard InChI is InChI=1S/C23H30N2O5S/c1-15(2)22(16(3)4)24-23(26)21-14-25(19-8-6-7-9-20(19)30-21)31(27,28)18-12-10-17(29-5)11-13-18/h6-13,15-16,21-22H,14H2,1-5H3,(H,24,26)/t21-/m0/s1. The van der Waals surface area contributed by atoms with E-state index in [0.717, 1.165) is 0 Å². The van der Waals surface area contributed by atoms with E-state index in [9.17, 15) is 13.2 Å². The van der Waals surface area contributed by atoms with Gasteiger partial charge in [-0.2, -0.15) is 0 Å². The molecule has 1 atom stereocenters. The van der Waals surface area contributed by atoms with Gasteiger partial charge in [-0.3, -0.25) is 9.10 Å². The molecule has 1 aliphatic rings.